The van der Waals surface area contributed by atoms with Gasteiger partial charge in [-0.25, -0.2) is 0 Å². The van der Waals surface area contributed by atoms with E-state index in [9.17, 15) is 4.79 Å². The second-order valence-corrected chi connectivity index (χ2v) is 49.0. The monoisotopic (exact) mass is 944 g/mol. The van der Waals surface area contributed by atoms with Crippen LogP contribution in [0.5, 0.6) is 0 Å². The van der Waals surface area contributed by atoms with Crippen LogP contribution in [-0.2, 0) is 24.0 Å². The fourth-order valence-corrected chi connectivity index (χ4v) is 0. The fourth-order valence-electron chi connectivity index (χ4n) is 0. The zero-order chi connectivity index (χ0) is 18.7. The van der Waals surface area contributed by atoms with Crippen molar-refractivity contribution in [1.82, 2.24) is 0 Å². The molecule has 0 aromatic heterocycles. The molecule has 0 aromatic carbocycles. The van der Waals surface area contributed by atoms with Crippen LogP contribution in [-0.4, -0.2) is 30.2 Å². The van der Waals surface area contributed by atoms with Gasteiger partial charge >= 0.3 is 114 Å². The molecule has 0 rings (SSSR count). The van der Waals surface area contributed by atoms with E-state index >= 15 is 0 Å². The molecule has 0 spiro atoms. The van der Waals surface area contributed by atoms with Gasteiger partial charge in [0.05, 0.1) is 0 Å². The Balaban J connectivity index is -0.0000000324. The number of carbonyl (C=O) groups excluding carboxylic acids is 2. The van der Waals surface area contributed by atoms with Crippen molar-refractivity contribution in [2.75, 3.05) is 6.54 Å². The van der Waals surface area contributed by atoms with Crippen LogP contribution in [0.2, 0.25) is 0 Å². The molecule has 0 aromatic rings. The van der Waals surface area contributed by atoms with Crippen molar-refractivity contribution in [3.63, 3.8) is 0 Å². The molecular formula is C8H21I5N3O3V2. The molecule has 0 saturated carbocycles. The van der Waals surface area contributed by atoms with Crippen LogP contribution in [0.15, 0.2) is 5.16 Å². The average molecular weight is 944 g/mol. The number of oxime groups is 1. The van der Waals surface area contributed by atoms with Gasteiger partial charge in [-0.15, -0.1) is 5.16 Å². The minimum absolute atomic E-state index is 0.278. The van der Waals surface area contributed by atoms with Crippen molar-refractivity contribution in [2.45, 2.75) is 27.7 Å². The van der Waals surface area contributed by atoms with Gasteiger partial charge in [0, 0.05) is 13.1 Å². The first-order valence-electron chi connectivity index (χ1n) is 4.80. The number of amides is 1. The summed E-state index contributed by atoms with van der Waals surface area (Å²) in [7, 11) is 0.628. The maximum absolute atomic E-state index is 9.22. The standard InChI is InChI=1S/2C2H5NO.C2H7N.C2H4O.5HI.2V/c1-2-3-4;1-2(3)4;2*1-2-3;;;;;;;/h2,4H,1H3;1H3,(H2,3,4);2-3H2,1H3;2H,1H3;5*1H;;/q;;;;;;;;;+2;+3/p-5/b3-2+;;;;;;;;;;. The number of hydrogen-bond donors (Lipinski definition) is 3. The first-order valence-corrected chi connectivity index (χ1v) is 27.3. The van der Waals surface area contributed by atoms with Crippen molar-refractivity contribution >= 4 is 118 Å². The van der Waals surface area contributed by atoms with E-state index in [-0.39, 0.29) is 10.8 Å². The third kappa shape index (κ3) is 556. The van der Waals surface area contributed by atoms with Gasteiger partial charge in [0.1, 0.15) is 6.29 Å². The number of aldehydes is 1. The summed E-state index contributed by atoms with van der Waals surface area (Å²) in [5, 5.41) is 10.1. The Morgan fingerprint density at radius 1 is 1.33 bits per heavy atom. The van der Waals surface area contributed by atoms with Crippen LogP contribution in [0, 0.1) is 0 Å². The Labute approximate surface area is 194 Å². The number of rotatable bonds is 0. The Bertz CT molecular complexity index is 182. The van der Waals surface area contributed by atoms with Gasteiger partial charge in [0.25, 0.3) is 0 Å². The zero-order valence-electron chi connectivity index (χ0n) is 12.0. The number of halogens is 5. The Morgan fingerprint density at radius 3 is 1.38 bits per heavy atom. The van der Waals surface area contributed by atoms with Crippen molar-refractivity contribution < 1.29 is 29.2 Å². The Morgan fingerprint density at radius 2 is 1.38 bits per heavy atom. The molecule has 21 heavy (non-hydrogen) atoms. The second kappa shape index (κ2) is 56.6. The van der Waals surface area contributed by atoms with Gasteiger partial charge in [0.15, 0.2) is 0 Å². The molecule has 5 N–H and O–H groups in total. The summed E-state index contributed by atoms with van der Waals surface area (Å²) in [6.45, 7) is 7.04. The summed E-state index contributed by atoms with van der Waals surface area (Å²) in [5.74, 6) is -0.333. The number of carbonyl (C=O) groups is 2. The SMILES string of the molecule is C/C=N/O.CC(N)=O.CC=O.CCN.[I][V]([I])[I].[I][V][I]. The van der Waals surface area contributed by atoms with E-state index in [1.165, 1.54) is 20.1 Å². The number of primary amides is 1. The van der Waals surface area contributed by atoms with Crippen LogP contribution in [0.3, 0.4) is 0 Å². The molecule has 0 aliphatic rings. The number of nitrogens with zero attached hydrogens (tertiary/aromatic N) is 1. The molecule has 13 heteroatoms. The van der Waals surface area contributed by atoms with E-state index in [0.717, 1.165) is 12.8 Å². The summed E-state index contributed by atoms with van der Waals surface area (Å²) in [4.78, 5) is 17.8. The first-order chi connectivity index (χ1) is 9.62. The van der Waals surface area contributed by atoms with Gasteiger partial charge in [-0.2, -0.15) is 0 Å². The van der Waals surface area contributed by atoms with Gasteiger partial charge in [-0.1, -0.05) is 6.92 Å². The van der Waals surface area contributed by atoms with E-state index in [1.54, 1.807) is 6.92 Å². The second-order valence-electron chi connectivity index (χ2n) is 1.88. The summed E-state index contributed by atoms with van der Waals surface area (Å²) < 4.78 is 0. The van der Waals surface area contributed by atoms with Crippen LogP contribution in [0.4, 0.5) is 0 Å². The summed E-state index contributed by atoms with van der Waals surface area (Å²) in [6, 6.07) is 0. The van der Waals surface area contributed by atoms with E-state index in [0.29, 0.717) is 9.47 Å². The number of nitrogens with two attached hydrogens (primary N) is 2. The Hall–Kier alpha value is 3.39. The minimum atomic E-state index is -0.333. The van der Waals surface area contributed by atoms with Crippen LogP contribution < -0.4 is 11.5 Å². The van der Waals surface area contributed by atoms with E-state index in [1.807, 2.05) is 6.92 Å². The molecule has 1 amide bonds. The molecule has 0 unspecified atom stereocenters. The van der Waals surface area contributed by atoms with Crippen molar-refractivity contribution in [2.24, 2.45) is 16.6 Å². The van der Waals surface area contributed by atoms with Crippen molar-refractivity contribution in [1.29, 1.82) is 0 Å². The predicted octanol–water partition coefficient (Wildman–Crippen LogP) is 4.55. The third-order valence-corrected chi connectivity index (χ3v) is 0.115. The molecule has 0 aliphatic carbocycles. The predicted molar refractivity (Wildman–Crippen MR) is 127 cm³/mol. The molecule has 0 radical (unpaired) electrons. The average Bonchev–Trinajstić information content (AvgIpc) is 2.30. The van der Waals surface area contributed by atoms with Crippen LogP contribution in [0.1, 0.15) is 27.7 Å². The quantitative estimate of drug-likeness (QED) is 0.109. The molecule has 0 bridgehead atoms. The summed E-state index contributed by atoms with van der Waals surface area (Å²) >= 11 is 12.1. The molecule has 0 atom stereocenters. The molecule has 0 fully saturated rings. The van der Waals surface area contributed by atoms with Gasteiger partial charge in [-0.05, 0) is 20.4 Å². The molecular weight excluding hydrogens is 923 g/mol. The van der Waals surface area contributed by atoms with Crippen LogP contribution >= 0.6 is 99.9 Å². The van der Waals surface area contributed by atoms with E-state index < -0.39 is 0 Å². The zero-order valence-corrected chi connectivity index (χ0v) is 25.6. The topological polar surface area (TPSA) is 119 Å². The molecule has 0 aliphatic heterocycles. The molecule has 0 heterocycles. The normalized spacial score (nSPS) is 6.81. The molecule has 131 valence electrons. The number of hydrogen-bond acceptors (Lipinski definition) is 5. The first kappa shape index (κ1) is 39.5. The van der Waals surface area contributed by atoms with Crippen molar-refractivity contribution in [3.05, 3.63) is 0 Å². The van der Waals surface area contributed by atoms with E-state index in [4.69, 9.17) is 15.7 Å². The van der Waals surface area contributed by atoms with Gasteiger partial charge in [-0.3, -0.25) is 4.79 Å². The van der Waals surface area contributed by atoms with Gasteiger partial charge in [0.2, 0.25) is 5.91 Å². The van der Waals surface area contributed by atoms with E-state index in [2.05, 4.69) is 111 Å². The third-order valence-electron chi connectivity index (χ3n) is 0.115. The molecule has 0 saturated heterocycles. The van der Waals surface area contributed by atoms with Gasteiger partial charge < -0.3 is 21.5 Å². The van der Waals surface area contributed by atoms with Crippen molar-refractivity contribution in [3.8, 4) is 0 Å². The maximum atomic E-state index is 9.22. The summed E-state index contributed by atoms with van der Waals surface area (Å²) in [5.41, 5.74) is 9.32. The Kier molecular flexibility index (Phi) is 106. The van der Waals surface area contributed by atoms with Crippen LogP contribution in [0.25, 0.3) is 0 Å². The fraction of sp³-hybridized carbons (Fsp3) is 0.625. The summed E-state index contributed by atoms with van der Waals surface area (Å²) in [6.07, 6.45) is 2.06. The molecule has 6 nitrogen and oxygen atoms in total.